The van der Waals surface area contributed by atoms with Crippen LogP contribution in [0, 0.1) is 0 Å². The van der Waals surface area contributed by atoms with E-state index >= 15 is 0 Å². The summed E-state index contributed by atoms with van der Waals surface area (Å²) in [6.45, 7) is 0. The topological polar surface area (TPSA) is 43.1 Å². The summed E-state index contributed by atoms with van der Waals surface area (Å²) >= 11 is 5.12. The number of hydrogen-bond acceptors (Lipinski definition) is 3. The molecule has 0 fully saturated rings. The Labute approximate surface area is 64.0 Å². The zero-order valence-electron chi connectivity index (χ0n) is 3.59. The van der Waals surface area contributed by atoms with E-state index < -0.39 is 0 Å². The van der Waals surface area contributed by atoms with Crippen LogP contribution < -0.4 is 5.73 Å². The summed E-state index contributed by atoms with van der Waals surface area (Å²) in [5.74, 6) is 0. The molecule has 2 N–H and O–H groups in total. The van der Waals surface area contributed by atoms with Crippen LogP contribution in [0.3, 0.4) is 0 Å². The minimum Gasteiger partial charge on any atom is -0.384 e. The summed E-state index contributed by atoms with van der Waals surface area (Å²) in [6.07, 6.45) is 0. The zero-order valence-corrected chi connectivity index (χ0v) is 8.19. The molecule has 0 aliphatic rings. The van der Waals surface area contributed by atoms with Crippen molar-refractivity contribution in [3.05, 3.63) is 0 Å². The fourth-order valence-electron chi connectivity index (χ4n) is 0.0474. The van der Waals surface area contributed by atoms with Crippen LogP contribution in [0.25, 0.3) is 0 Å². The average Bonchev–Trinajstić information content (AvgIpc) is 1.35. The molecule has 0 rings (SSSR count). The van der Waals surface area contributed by atoms with Crippen LogP contribution in [0.15, 0.2) is 0 Å². The van der Waals surface area contributed by atoms with E-state index in [-0.39, 0.29) is 23.8 Å². The first-order valence-corrected chi connectivity index (χ1v) is 2.46. The van der Waals surface area contributed by atoms with Crippen molar-refractivity contribution in [3.63, 3.8) is 0 Å². The van der Waals surface area contributed by atoms with Crippen molar-refractivity contribution < 1.29 is 24.3 Å². The molecule has 0 saturated heterocycles. The number of carbonyl (C=O) groups is 1. The van der Waals surface area contributed by atoms with Crippen LogP contribution in [0.4, 0.5) is 0 Å². The van der Waals surface area contributed by atoms with Gasteiger partial charge < -0.3 is 5.73 Å². The molecule has 0 aliphatic carbocycles. The van der Waals surface area contributed by atoms with Gasteiger partial charge in [-0.05, 0) is 11.8 Å². The van der Waals surface area contributed by atoms with Crippen molar-refractivity contribution in [2.45, 2.75) is 0 Å². The van der Waals surface area contributed by atoms with Gasteiger partial charge in [-0.2, -0.15) is 0 Å². The minimum atomic E-state index is 0. The quantitative estimate of drug-likeness (QED) is 0.360. The van der Waals surface area contributed by atoms with Gasteiger partial charge in [0.2, 0.25) is 0 Å². The molecule has 0 radical (unpaired) electrons. The number of carbonyl (C=O) groups excluding carboxylic acids is 1. The zero-order chi connectivity index (χ0) is 4.99. The first kappa shape index (κ1) is 10.5. The van der Waals surface area contributed by atoms with E-state index in [0.29, 0.717) is 5.62 Å². The van der Waals surface area contributed by atoms with E-state index in [2.05, 4.69) is 12.2 Å². The number of hydrogen-bond donors (Lipinski definition) is 1. The van der Waals surface area contributed by atoms with Gasteiger partial charge in [-0.1, -0.05) is 12.2 Å². The van der Waals surface area contributed by atoms with Gasteiger partial charge in [-0.3, -0.25) is 4.79 Å². The molecule has 0 aromatic heterocycles. The van der Waals surface area contributed by atoms with Crippen molar-refractivity contribution >= 4 is 33.9 Å². The fourth-order valence-corrected chi connectivity index (χ4v) is 0.260. The molecule has 0 amide bonds. The molecule has 0 aromatic carbocycles. The van der Waals surface area contributed by atoms with Crippen molar-refractivity contribution in [2.75, 3.05) is 0 Å². The second kappa shape index (κ2) is 6.53. The maximum atomic E-state index is 9.41. The fraction of sp³-hybridized carbons (Fsp3) is 0. The van der Waals surface area contributed by atoms with Gasteiger partial charge >= 0.3 is 0 Å². The molecule has 0 atom stereocenters. The van der Waals surface area contributed by atoms with Gasteiger partial charge in [-0.25, -0.2) is 0 Å². The number of rotatable bonds is 1. The molecule has 0 heterocycles. The molecule has 36 valence electrons. The third-order valence-electron chi connectivity index (χ3n) is 0.164. The minimum absolute atomic E-state index is 0. The Morgan fingerprint density at radius 3 is 2.29 bits per heavy atom. The molecule has 0 unspecified atom stereocenters. The number of thioether (sulfide) groups is 1. The van der Waals surface area contributed by atoms with Crippen LogP contribution in [0.2, 0.25) is 0 Å². The summed E-state index contributed by atoms with van der Waals surface area (Å²) in [5.41, 5.74) is 5.47. The van der Waals surface area contributed by atoms with Crippen molar-refractivity contribution in [2.24, 2.45) is 5.73 Å². The molecule has 2 nitrogen and oxygen atoms in total. The Hall–Kier alpha value is 0.533. The van der Waals surface area contributed by atoms with Gasteiger partial charge in [0, 0.05) is 19.5 Å². The van der Waals surface area contributed by atoms with Gasteiger partial charge in [0.25, 0.3) is 0 Å². The summed E-state index contributed by atoms with van der Waals surface area (Å²) in [5, 5.41) is 0. The molecule has 0 aliphatic heterocycles. The smallest absolute Gasteiger partial charge is 0.183 e. The third-order valence-corrected chi connectivity index (χ3v) is 0.781. The Bertz CT molecular complexity index is 76.1. The Kier molecular flexibility index (Phi) is 9.80. The molecule has 0 saturated carbocycles. The van der Waals surface area contributed by atoms with E-state index in [4.69, 9.17) is 5.73 Å². The monoisotopic (exact) mass is 185 g/mol. The first-order chi connectivity index (χ1) is 2.77. The molecule has 0 aromatic rings. The molecular formula is C2H3NOS2Zn. The van der Waals surface area contributed by atoms with Crippen LogP contribution in [-0.2, 0) is 24.3 Å². The van der Waals surface area contributed by atoms with Crippen molar-refractivity contribution in [1.82, 2.24) is 0 Å². The molecule has 5 heteroatoms. The summed E-state index contributed by atoms with van der Waals surface area (Å²) < 4.78 is 0.171. The van der Waals surface area contributed by atoms with E-state index in [1.807, 2.05) is 0 Å². The predicted octanol–water partition coefficient (Wildman–Crippen LogP) is 0.151. The SMILES string of the molecule is NC(=S)SC=O.[Zn]. The molecular weight excluding hydrogens is 184 g/mol. The van der Waals surface area contributed by atoms with Gasteiger partial charge in [-0.15, -0.1) is 0 Å². The maximum absolute atomic E-state index is 9.41. The van der Waals surface area contributed by atoms with Crippen molar-refractivity contribution in [1.29, 1.82) is 0 Å². The number of nitrogens with two attached hydrogens (primary N) is 1. The predicted molar refractivity (Wildman–Crippen MR) is 31.1 cm³/mol. The first-order valence-electron chi connectivity index (χ1n) is 1.17. The molecule has 0 bridgehead atoms. The largest absolute Gasteiger partial charge is 0.384 e. The van der Waals surface area contributed by atoms with Crippen LogP contribution in [0.5, 0.6) is 0 Å². The standard InChI is InChI=1S/C2H3NOS2.Zn/c3-2(5)6-1-4;/h1H,(H2,3,5);. The van der Waals surface area contributed by atoms with E-state index in [1.165, 1.54) is 0 Å². The number of thiocarbonyl (C=S) groups is 1. The molecule has 0 spiro atoms. The summed E-state index contributed by atoms with van der Waals surface area (Å²) in [6, 6.07) is 0. The third kappa shape index (κ3) is 10.8. The van der Waals surface area contributed by atoms with E-state index in [9.17, 15) is 4.79 Å². The summed E-state index contributed by atoms with van der Waals surface area (Å²) in [4.78, 5) is 9.41. The normalized spacial score (nSPS) is 6.29. The Morgan fingerprint density at radius 2 is 2.29 bits per heavy atom. The maximum Gasteiger partial charge on any atom is 0.183 e. The Morgan fingerprint density at radius 1 is 1.86 bits per heavy atom. The summed E-state index contributed by atoms with van der Waals surface area (Å²) in [7, 11) is 0. The molecule has 7 heavy (non-hydrogen) atoms. The van der Waals surface area contributed by atoms with Gasteiger partial charge in [0.05, 0.1) is 0 Å². The van der Waals surface area contributed by atoms with Gasteiger partial charge in [0.1, 0.15) is 4.32 Å². The second-order valence-electron chi connectivity index (χ2n) is 0.533. The van der Waals surface area contributed by atoms with Gasteiger partial charge in [0.15, 0.2) is 5.62 Å². The van der Waals surface area contributed by atoms with E-state index in [0.717, 1.165) is 11.8 Å². The average molecular weight is 187 g/mol. The van der Waals surface area contributed by atoms with Crippen LogP contribution in [0.1, 0.15) is 0 Å². The van der Waals surface area contributed by atoms with Crippen LogP contribution in [-0.4, -0.2) is 9.94 Å². The van der Waals surface area contributed by atoms with E-state index in [1.54, 1.807) is 0 Å². The second-order valence-corrected chi connectivity index (χ2v) is 2.10. The van der Waals surface area contributed by atoms with Crippen molar-refractivity contribution in [3.8, 4) is 0 Å². The Balaban J connectivity index is 0. The van der Waals surface area contributed by atoms with Crippen LogP contribution >= 0.6 is 24.0 Å².